The largest absolute Gasteiger partial charge is 0.372 e. The first-order chi connectivity index (χ1) is 9.02. The highest BCUT2D eigenvalue weighted by molar-refractivity contribution is 14.1. The summed E-state index contributed by atoms with van der Waals surface area (Å²) in [6.07, 6.45) is 0.276. The number of halogens is 3. The Morgan fingerprint density at radius 3 is 2.74 bits per heavy atom. The smallest absolute Gasteiger partial charge is 0.143 e. The number of anilines is 1. The van der Waals surface area contributed by atoms with Crippen LogP contribution >= 0.6 is 34.2 Å². The second-order valence-electron chi connectivity index (χ2n) is 4.01. The van der Waals surface area contributed by atoms with Gasteiger partial charge in [0.25, 0.3) is 0 Å². The minimum absolute atomic E-state index is 0.276. The molecule has 0 aliphatic heterocycles. The van der Waals surface area contributed by atoms with Gasteiger partial charge in [-0.2, -0.15) is 0 Å². The molecule has 3 nitrogen and oxygen atoms in total. The van der Waals surface area contributed by atoms with Gasteiger partial charge in [0.05, 0.1) is 9.26 Å². The number of hydrogen-bond donors (Lipinski definition) is 1. The highest BCUT2D eigenvalue weighted by Crippen LogP contribution is 2.23. The number of rotatable bonds is 3. The van der Waals surface area contributed by atoms with Crippen molar-refractivity contribution >= 4 is 40.0 Å². The summed E-state index contributed by atoms with van der Waals surface area (Å²) in [6.45, 7) is 1.90. The Bertz CT molecular complexity index is 599. The fraction of sp³-hybridized carbons (Fsp3) is 0.231. The van der Waals surface area contributed by atoms with Gasteiger partial charge in [-0.3, -0.25) is 0 Å². The van der Waals surface area contributed by atoms with E-state index in [2.05, 4.69) is 37.9 Å². The Hall–Kier alpha value is -0.950. The summed E-state index contributed by atoms with van der Waals surface area (Å²) in [4.78, 5) is 8.75. The Morgan fingerprint density at radius 2 is 2.11 bits per heavy atom. The van der Waals surface area contributed by atoms with Gasteiger partial charge in [-0.05, 0) is 41.6 Å². The molecule has 0 fully saturated rings. The van der Waals surface area contributed by atoms with Crippen LogP contribution in [0.5, 0.6) is 0 Å². The van der Waals surface area contributed by atoms with Crippen LogP contribution in [-0.4, -0.2) is 17.0 Å². The van der Waals surface area contributed by atoms with Crippen LogP contribution in [0, 0.1) is 16.3 Å². The van der Waals surface area contributed by atoms with Gasteiger partial charge in [0.2, 0.25) is 0 Å². The summed E-state index contributed by atoms with van der Waals surface area (Å²) in [6, 6.07) is 4.64. The molecule has 0 radical (unpaired) electrons. The van der Waals surface area contributed by atoms with Crippen molar-refractivity contribution in [3.63, 3.8) is 0 Å². The summed E-state index contributed by atoms with van der Waals surface area (Å²) in [5.74, 6) is 0.961. The van der Waals surface area contributed by atoms with E-state index in [1.54, 1.807) is 19.2 Å². The van der Waals surface area contributed by atoms with Crippen LogP contribution in [-0.2, 0) is 6.42 Å². The lowest BCUT2D eigenvalue weighted by atomic mass is 10.1. The first-order valence-corrected chi connectivity index (χ1v) is 7.12. The maximum absolute atomic E-state index is 13.7. The zero-order valence-electron chi connectivity index (χ0n) is 10.5. The summed E-state index contributed by atoms with van der Waals surface area (Å²) in [5, 5.41) is 3.40. The van der Waals surface area contributed by atoms with E-state index in [0.29, 0.717) is 16.4 Å². The minimum Gasteiger partial charge on any atom is -0.372 e. The topological polar surface area (TPSA) is 37.8 Å². The van der Waals surface area contributed by atoms with E-state index >= 15 is 0 Å². The second-order valence-corrected chi connectivity index (χ2v) is 5.50. The highest BCUT2D eigenvalue weighted by Gasteiger charge is 2.13. The van der Waals surface area contributed by atoms with Crippen LogP contribution in [0.4, 0.5) is 10.2 Å². The summed E-state index contributed by atoms with van der Waals surface area (Å²) >= 11 is 8.19. The molecule has 0 bridgehead atoms. The van der Waals surface area contributed by atoms with Gasteiger partial charge in [0, 0.05) is 24.1 Å². The molecule has 1 aromatic heterocycles. The molecule has 0 amide bonds. The molecule has 0 unspecified atom stereocenters. The van der Waals surface area contributed by atoms with Crippen molar-refractivity contribution in [2.45, 2.75) is 13.3 Å². The number of aryl methyl sites for hydroxylation is 1. The molecular weight excluding hydrogens is 380 g/mol. The van der Waals surface area contributed by atoms with Crippen molar-refractivity contribution in [3.8, 4) is 0 Å². The van der Waals surface area contributed by atoms with Crippen molar-refractivity contribution in [2.75, 3.05) is 12.4 Å². The zero-order valence-corrected chi connectivity index (χ0v) is 13.4. The fourth-order valence-corrected chi connectivity index (χ4v) is 2.46. The molecule has 0 atom stereocenters. The molecule has 0 saturated carbocycles. The number of nitrogens with one attached hydrogen (secondary N) is 1. The molecule has 6 heteroatoms. The zero-order chi connectivity index (χ0) is 14.0. The van der Waals surface area contributed by atoms with Crippen LogP contribution in [0.3, 0.4) is 0 Å². The number of hydrogen-bond acceptors (Lipinski definition) is 3. The third-order valence-electron chi connectivity index (χ3n) is 2.70. The van der Waals surface area contributed by atoms with Crippen molar-refractivity contribution in [2.24, 2.45) is 0 Å². The molecule has 0 saturated heterocycles. The lowest BCUT2D eigenvalue weighted by Crippen LogP contribution is -2.07. The maximum Gasteiger partial charge on any atom is 0.143 e. The molecule has 1 N–H and O–H groups in total. The number of benzene rings is 1. The van der Waals surface area contributed by atoms with Crippen LogP contribution < -0.4 is 5.32 Å². The lowest BCUT2D eigenvalue weighted by Gasteiger charge is -2.10. The van der Waals surface area contributed by atoms with Crippen LogP contribution in [0.1, 0.15) is 17.1 Å². The van der Waals surface area contributed by atoms with E-state index in [-0.39, 0.29) is 12.2 Å². The molecule has 19 heavy (non-hydrogen) atoms. The molecule has 1 aromatic carbocycles. The van der Waals surface area contributed by atoms with Gasteiger partial charge in [-0.25, -0.2) is 14.4 Å². The monoisotopic (exact) mass is 391 g/mol. The van der Waals surface area contributed by atoms with Crippen molar-refractivity contribution < 1.29 is 4.39 Å². The predicted molar refractivity (Wildman–Crippen MR) is 83.2 cm³/mol. The summed E-state index contributed by atoms with van der Waals surface area (Å²) in [5.41, 5.74) is 1.29. The summed E-state index contributed by atoms with van der Waals surface area (Å²) < 4.78 is 14.7. The fourth-order valence-electron chi connectivity index (χ4n) is 1.72. The Morgan fingerprint density at radius 1 is 1.37 bits per heavy atom. The van der Waals surface area contributed by atoms with Gasteiger partial charge in [-0.15, -0.1) is 0 Å². The Labute approximate surface area is 129 Å². The van der Waals surface area contributed by atoms with E-state index < -0.39 is 0 Å². The number of aromatic nitrogens is 2. The highest BCUT2D eigenvalue weighted by atomic mass is 127. The van der Waals surface area contributed by atoms with Gasteiger partial charge >= 0.3 is 0 Å². The molecular formula is C13H12ClFIN3. The minimum atomic E-state index is -0.335. The molecule has 0 aliphatic carbocycles. The van der Waals surface area contributed by atoms with Crippen molar-refractivity contribution in [1.29, 1.82) is 0 Å². The van der Waals surface area contributed by atoms with Crippen LogP contribution in [0.2, 0.25) is 5.02 Å². The Balaban J connectivity index is 2.41. The molecule has 2 rings (SSSR count). The van der Waals surface area contributed by atoms with Gasteiger partial charge in [0.15, 0.2) is 0 Å². The van der Waals surface area contributed by atoms with E-state index in [1.807, 2.05) is 6.92 Å². The molecule has 0 spiro atoms. The predicted octanol–water partition coefficient (Wildman–Crippen LogP) is 3.81. The second kappa shape index (κ2) is 6.00. The molecule has 0 aliphatic rings. The average molecular weight is 392 g/mol. The number of nitrogens with zero attached hydrogens (tertiary/aromatic N) is 2. The van der Waals surface area contributed by atoms with Gasteiger partial charge < -0.3 is 5.32 Å². The molecule has 100 valence electrons. The van der Waals surface area contributed by atoms with Crippen LogP contribution in [0.15, 0.2) is 18.2 Å². The Kier molecular flexibility index (Phi) is 4.57. The third kappa shape index (κ3) is 3.14. The van der Waals surface area contributed by atoms with Gasteiger partial charge in [-0.1, -0.05) is 17.7 Å². The standard InChI is InChI=1S/C13H12ClFIN3/c1-7-12(16)13(17-2)19-11(18-7)6-8-9(14)4-3-5-10(8)15/h3-5H,6H2,1-2H3,(H,17,18,19). The first-order valence-electron chi connectivity index (χ1n) is 5.66. The average Bonchev–Trinajstić information content (AvgIpc) is 2.38. The molecule has 2 aromatic rings. The molecule has 1 heterocycles. The van der Waals surface area contributed by atoms with E-state index in [0.717, 1.165) is 15.1 Å². The maximum atomic E-state index is 13.7. The normalized spacial score (nSPS) is 10.6. The van der Waals surface area contributed by atoms with E-state index in [9.17, 15) is 4.39 Å². The lowest BCUT2D eigenvalue weighted by molar-refractivity contribution is 0.612. The SMILES string of the molecule is CNc1nc(Cc2c(F)cccc2Cl)nc(C)c1I. The van der Waals surface area contributed by atoms with E-state index in [1.165, 1.54) is 6.07 Å². The van der Waals surface area contributed by atoms with E-state index in [4.69, 9.17) is 11.6 Å². The quantitative estimate of drug-likeness (QED) is 0.809. The first kappa shape index (κ1) is 14.5. The van der Waals surface area contributed by atoms with Crippen LogP contribution in [0.25, 0.3) is 0 Å². The summed E-state index contributed by atoms with van der Waals surface area (Å²) in [7, 11) is 1.80. The van der Waals surface area contributed by atoms with Crippen molar-refractivity contribution in [1.82, 2.24) is 9.97 Å². The third-order valence-corrected chi connectivity index (χ3v) is 4.34. The van der Waals surface area contributed by atoms with Gasteiger partial charge in [0.1, 0.15) is 17.5 Å². The van der Waals surface area contributed by atoms with Crippen molar-refractivity contribution in [3.05, 3.63) is 49.7 Å².